The van der Waals surface area contributed by atoms with Crippen molar-refractivity contribution in [2.45, 2.75) is 33.6 Å². The van der Waals surface area contributed by atoms with Crippen LogP contribution in [0.1, 0.15) is 44.7 Å². The van der Waals surface area contributed by atoms with Gasteiger partial charge in [-0.05, 0) is 23.5 Å². The maximum absolute atomic E-state index is 10.1. The second-order valence-corrected chi connectivity index (χ2v) is 4.88. The Morgan fingerprint density at radius 1 is 1.11 bits per heavy atom. The van der Waals surface area contributed by atoms with Crippen LogP contribution >= 0.6 is 0 Å². The molecule has 0 aliphatic rings. The highest BCUT2D eigenvalue weighted by atomic mass is 16.5. The highest BCUT2D eigenvalue weighted by Gasteiger charge is 2.21. The first kappa shape index (κ1) is 14.7. The van der Waals surface area contributed by atoms with Crippen LogP contribution in [0.4, 0.5) is 0 Å². The molecule has 3 heteroatoms. The van der Waals surface area contributed by atoms with Crippen LogP contribution in [0.2, 0.25) is 0 Å². The van der Waals surface area contributed by atoms with Crippen LogP contribution in [-0.2, 0) is 0 Å². The Labute approximate surface area is 110 Å². The molecule has 0 aromatic heterocycles. The van der Waals surface area contributed by atoms with Gasteiger partial charge < -0.3 is 14.6 Å². The highest BCUT2D eigenvalue weighted by Crippen LogP contribution is 2.44. The van der Waals surface area contributed by atoms with E-state index in [0.717, 1.165) is 11.1 Å². The van der Waals surface area contributed by atoms with E-state index in [-0.39, 0.29) is 11.7 Å². The van der Waals surface area contributed by atoms with Gasteiger partial charge in [0.2, 0.25) is 5.75 Å². The summed E-state index contributed by atoms with van der Waals surface area (Å²) in [5.41, 5.74) is 1.90. The largest absolute Gasteiger partial charge is 0.502 e. The Balaban J connectivity index is 3.46. The molecular weight excluding hydrogens is 228 g/mol. The lowest BCUT2D eigenvalue weighted by Gasteiger charge is -2.20. The molecule has 0 fully saturated rings. The third kappa shape index (κ3) is 2.89. The van der Waals surface area contributed by atoms with Crippen molar-refractivity contribution in [3.05, 3.63) is 23.6 Å². The molecule has 1 aromatic rings. The molecule has 0 unspecified atom stereocenters. The molecule has 1 N–H and O–H groups in total. The minimum atomic E-state index is 0.0537. The second kappa shape index (κ2) is 5.98. The van der Waals surface area contributed by atoms with Gasteiger partial charge in [0, 0.05) is 12.0 Å². The molecule has 18 heavy (non-hydrogen) atoms. The van der Waals surface area contributed by atoms with Gasteiger partial charge in [0.05, 0.1) is 14.2 Å². The highest BCUT2D eigenvalue weighted by molar-refractivity contribution is 5.61. The summed E-state index contributed by atoms with van der Waals surface area (Å²) in [6.07, 6.45) is 3.36. The molecule has 0 aliphatic heterocycles. The molecule has 1 rings (SSSR count). The van der Waals surface area contributed by atoms with E-state index in [4.69, 9.17) is 9.47 Å². The van der Waals surface area contributed by atoms with Crippen LogP contribution < -0.4 is 9.47 Å². The van der Waals surface area contributed by atoms with Crippen LogP contribution in [-0.4, -0.2) is 19.3 Å². The molecule has 0 saturated carbocycles. The van der Waals surface area contributed by atoms with E-state index in [1.165, 1.54) is 7.11 Å². The quantitative estimate of drug-likeness (QED) is 0.867. The van der Waals surface area contributed by atoms with Gasteiger partial charge in [-0.25, -0.2) is 0 Å². The fourth-order valence-electron chi connectivity index (χ4n) is 2.00. The number of hydrogen-bond acceptors (Lipinski definition) is 3. The maximum atomic E-state index is 10.1. The minimum absolute atomic E-state index is 0.0537. The summed E-state index contributed by atoms with van der Waals surface area (Å²) in [5.74, 6) is 1.48. The monoisotopic (exact) mass is 250 g/mol. The zero-order valence-corrected chi connectivity index (χ0v) is 12.0. The molecule has 100 valence electrons. The van der Waals surface area contributed by atoms with Crippen molar-refractivity contribution >= 4 is 0 Å². The number of rotatable bonds is 5. The Morgan fingerprint density at radius 2 is 1.72 bits per heavy atom. The molecule has 0 heterocycles. The summed E-state index contributed by atoms with van der Waals surface area (Å²) >= 11 is 0. The Bertz CT molecular complexity index is 409. The topological polar surface area (TPSA) is 38.7 Å². The molecule has 0 bridgehead atoms. The van der Waals surface area contributed by atoms with E-state index in [9.17, 15) is 5.11 Å². The molecular formula is C15H22O3. The second-order valence-electron chi connectivity index (χ2n) is 4.88. The van der Waals surface area contributed by atoms with Crippen molar-refractivity contribution < 1.29 is 14.6 Å². The van der Waals surface area contributed by atoms with Gasteiger partial charge in [-0.2, -0.15) is 0 Å². The average molecular weight is 250 g/mol. The van der Waals surface area contributed by atoms with Crippen LogP contribution in [0.3, 0.4) is 0 Å². The summed E-state index contributed by atoms with van der Waals surface area (Å²) in [7, 11) is 3.09. The third-order valence-corrected chi connectivity index (χ3v) is 2.70. The lowest BCUT2D eigenvalue weighted by atomic mass is 9.90. The summed E-state index contributed by atoms with van der Waals surface area (Å²) in [4.78, 5) is 0. The zero-order valence-electron chi connectivity index (χ0n) is 12.0. The van der Waals surface area contributed by atoms with Gasteiger partial charge in [0.15, 0.2) is 11.5 Å². The number of aromatic hydroxyl groups is 1. The van der Waals surface area contributed by atoms with Crippen molar-refractivity contribution in [1.82, 2.24) is 0 Å². The van der Waals surface area contributed by atoms with Crippen molar-refractivity contribution in [2.24, 2.45) is 5.92 Å². The molecule has 0 amide bonds. The fraction of sp³-hybridized carbons (Fsp3) is 0.533. The molecule has 0 aliphatic carbocycles. The standard InChI is InChI=1S/C15H22O3/c1-9(2)7-11-8-12(17-5)14(16)15(18-6)13(11)10(3)4/h8-10,16H,1-6H3. The number of phenols is 1. The Morgan fingerprint density at radius 3 is 2.11 bits per heavy atom. The summed E-state index contributed by atoms with van der Waals surface area (Å²) in [5, 5.41) is 10.1. The Kier molecular flexibility index (Phi) is 4.88. The van der Waals surface area contributed by atoms with E-state index < -0.39 is 0 Å². The normalized spacial score (nSPS) is 11.1. The van der Waals surface area contributed by atoms with Crippen LogP contribution in [0.15, 0.2) is 6.07 Å². The number of benzene rings is 1. The predicted molar refractivity (Wildman–Crippen MR) is 72.5 cm³/mol. The number of phenolic OH excluding ortho intramolecular Hbond substituents is 1. The van der Waals surface area contributed by atoms with Crippen LogP contribution in [0, 0.1) is 12.3 Å². The third-order valence-electron chi connectivity index (χ3n) is 2.70. The first-order chi connectivity index (χ1) is 8.42. The SMILES string of the molecule is COc1cc([C]C(C)C)c(C(C)C)c(OC)c1O. The average Bonchev–Trinajstić information content (AvgIpc) is 2.29. The maximum Gasteiger partial charge on any atom is 0.201 e. The predicted octanol–water partition coefficient (Wildman–Crippen LogP) is 3.62. The molecule has 2 radical (unpaired) electrons. The van der Waals surface area contributed by atoms with Gasteiger partial charge in [0.25, 0.3) is 0 Å². The summed E-state index contributed by atoms with van der Waals surface area (Å²) < 4.78 is 10.5. The van der Waals surface area contributed by atoms with Crippen LogP contribution in [0.5, 0.6) is 17.2 Å². The van der Waals surface area contributed by atoms with E-state index in [0.29, 0.717) is 17.4 Å². The van der Waals surface area contributed by atoms with E-state index in [1.807, 2.05) is 6.07 Å². The molecule has 0 spiro atoms. The first-order valence-electron chi connectivity index (χ1n) is 6.16. The number of hydrogen-bond donors (Lipinski definition) is 1. The summed E-state index contributed by atoms with van der Waals surface area (Å²) in [6.45, 7) is 8.26. The molecule has 3 nitrogen and oxygen atoms in total. The minimum Gasteiger partial charge on any atom is -0.502 e. The van der Waals surface area contributed by atoms with Gasteiger partial charge in [0.1, 0.15) is 0 Å². The van der Waals surface area contributed by atoms with Crippen molar-refractivity contribution in [1.29, 1.82) is 0 Å². The molecule has 0 atom stereocenters. The smallest absolute Gasteiger partial charge is 0.201 e. The van der Waals surface area contributed by atoms with Crippen molar-refractivity contribution in [3.8, 4) is 17.2 Å². The number of ether oxygens (including phenoxy) is 2. The van der Waals surface area contributed by atoms with E-state index >= 15 is 0 Å². The summed E-state index contributed by atoms with van der Waals surface area (Å²) in [6, 6.07) is 1.81. The van der Waals surface area contributed by atoms with E-state index in [1.54, 1.807) is 7.11 Å². The van der Waals surface area contributed by atoms with Gasteiger partial charge >= 0.3 is 0 Å². The van der Waals surface area contributed by atoms with Gasteiger partial charge in [-0.1, -0.05) is 27.7 Å². The lowest BCUT2D eigenvalue weighted by molar-refractivity contribution is 0.335. The lowest BCUT2D eigenvalue weighted by Crippen LogP contribution is -2.04. The first-order valence-corrected chi connectivity index (χ1v) is 6.16. The van der Waals surface area contributed by atoms with Crippen molar-refractivity contribution in [3.63, 3.8) is 0 Å². The number of methoxy groups -OCH3 is 2. The van der Waals surface area contributed by atoms with Gasteiger partial charge in [-0.3, -0.25) is 0 Å². The van der Waals surface area contributed by atoms with Gasteiger partial charge in [-0.15, -0.1) is 0 Å². The zero-order chi connectivity index (χ0) is 13.9. The van der Waals surface area contributed by atoms with E-state index in [2.05, 4.69) is 34.1 Å². The van der Waals surface area contributed by atoms with Crippen LogP contribution in [0.25, 0.3) is 0 Å². The Hall–Kier alpha value is -1.38. The molecule has 0 saturated heterocycles. The van der Waals surface area contributed by atoms with Crippen molar-refractivity contribution in [2.75, 3.05) is 14.2 Å². The molecule has 1 aromatic carbocycles. The fourth-order valence-corrected chi connectivity index (χ4v) is 2.00.